The Bertz CT molecular complexity index is 102. The Morgan fingerprint density at radius 3 is 2.11 bits per heavy atom. The minimum absolute atomic E-state index is 0.0853. The van der Waals surface area contributed by atoms with Crippen molar-refractivity contribution >= 4 is 11.8 Å². The van der Waals surface area contributed by atoms with Crippen molar-refractivity contribution in [3.05, 3.63) is 11.5 Å². The first kappa shape index (κ1) is 9.05. The number of hydrogen-bond acceptors (Lipinski definition) is 2. The summed E-state index contributed by atoms with van der Waals surface area (Å²) in [4.78, 5) is 0.836. The summed E-state index contributed by atoms with van der Waals surface area (Å²) in [6.07, 6.45) is 0. The lowest BCUT2D eigenvalue weighted by Crippen LogP contribution is -2.08. The Morgan fingerprint density at radius 2 is 2.00 bits per heavy atom. The van der Waals surface area contributed by atoms with E-state index in [4.69, 9.17) is 5.11 Å². The molecule has 0 aromatic heterocycles. The summed E-state index contributed by atoms with van der Waals surface area (Å²) < 4.78 is 0.180. The highest BCUT2D eigenvalue weighted by atomic mass is 32.2. The van der Waals surface area contributed by atoms with Gasteiger partial charge in [-0.05, 0) is 0 Å². The number of rotatable bonds is 2. The summed E-state index contributed by atoms with van der Waals surface area (Å²) in [5, 5.41) is 8.58. The highest BCUT2D eigenvalue weighted by molar-refractivity contribution is 8.04. The van der Waals surface area contributed by atoms with Gasteiger partial charge in [0.2, 0.25) is 0 Å². The van der Waals surface area contributed by atoms with Gasteiger partial charge in [-0.1, -0.05) is 27.4 Å². The van der Waals surface area contributed by atoms with Gasteiger partial charge in [0.1, 0.15) is 0 Å². The van der Waals surface area contributed by atoms with Crippen LogP contribution >= 0.6 is 11.8 Å². The zero-order chi connectivity index (χ0) is 7.49. The minimum atomic E-state index is 0.0853. The SMILES string of the molecule is C=C(CO)SC(C)(C)C. The lowest BCUT2D eigenvalue weighted by atomic mass is 10.3. The standard InChI is InChI=1S/C7H14OS/c1-6(5-8)9-7(2,3)4/h8H,1,5H2,2-4H3. The topological polar surface area (TPSA) is 20.2 Å². The Labute approximate surface area is 61.2 Å². The van der Waals surface area contributed by atoms with Gasteiger partial charge >= 0.3 is 0 Å². The molecule has 0 saturated carbocycles. The molecule has 1 nitrogen and oxygen atoms in total. The van der Waals surface area contributed by atoms with Crippen LogP contribution in [0.25, 0.3) is 0 Å². The Balaban J connectivity index is 3.60. The van der Waals surface area contributed by atoms with E-state index in [1.807, 2.05) is 0 Å². The quantitative estimate of drug-likeness (QED) is 0.643. The summed E-state index contributed by atoms with van der Waals surface area (Å²) in [7, 11) is 0. The van der Waals surface area contributed by atoms with Crippen molar-refractivity contribution in [3.63, 3.8) is 0 Å². The molecule has 0 aliphatic rings. The Morgan fingerprint density at radius 1 is 1.56 bits per heavy atom. The van der Waals surface area contributed by atoms with Crippen LogP contribution < -0.4 is 0 Å². The van der Waals surface area contributed by atoms with Crippen LogP contribution in [0.3, 0.4) is 0 Å². The lowest BCUT2D eigenvalue weighted by Gasteiger charge is -2.17. The van der Waals surface area contributed by atoms with Crippen molar-refractivity contribution in [1.29, 1.82) is 0 Å². The van der Waals surface area contributed by atoms with E-state index in [0.717, 1.165) is 4.91 Å². The first-order valence-corrected chi connectivity index (χ1v) is 3.75. The number of thioether (sulfide) groups is 1. The van der Waals surface area contributed by atoms with Crippen molar-refractivity contribution in [2.75, 3.05) is 6.61 Å². The minimum Gasteiger partial charge on any atom is -0.391 e. The highest BCUT2D eigenvalue weighted by Crippen LogP contribution is 2.28. The van der Waals surface area contributed by atoms with Crippen molar-refractivity contribution in [2.45, 2.75) is 25.5 Å². The predicted octanol–water partition coefficient (Wildman–Crippen LogP) is 2.02. The van der Waals surface area contributed by atoms with Gasteiger partial charge in [0.25, 0.3) is 0 Å². The largest absolute Gasteiger partial charge is 0.391 e. The molecule has 1 N–H and O–H groups in total. The molecule has 0 amide bonds. The van der Waals surface area contributed by atoms with Crippen LogP contribution in [0.1, 0.15) is 20.8 Å². The molecule has 0 unspecified atom stereocenters. The molecule has 0 atom stereocenters. The molecule has 0 aliphatic heterocycles. The number of hydrogen-bond donors (Lipinski definition) is 1. The number of aliphatic hydroxyl groups excluding tert-OH is 1. The first-order valence-electron chi connectivity index (χ1n) is 2.93. The van der Waals surface area contributed by atoms with E-state index < -0.39 is 0 Å². The van der Waals surface area contributed by atoms with Gasteiger partial charge in [0.15, 0.2) is 0 Å². The van der Waals surface area contributed by atoms with E-state index in [1.54, 1.807) is 11.8 Å². The van der Waals surface area contributed by atoms with Crippen molar-refractivity contribution in [1.82, 2.24) is 0 Å². The van der Waals surface area contributed by atoms with Crippen molar-refractivity contribution in [2.24, 2.45) is 0 Å². The zero-order valence-electron chi connectivity index (χ0n) is 6.27. The fourth-order valence-electron chi connectivity index (χ4n) is 0.465. The lowest BCUT2D eigenvalue weighted by molar-refractivity contribution is 0.339. The molecular weight excluding hydrogens is 132 g/mol. The second kappa shape index (κ2) is 3.28. The van der Waals surface area contributed by atoms with E-state index in [-0.39, 0.29) is 11.4 Å². The van der Waals surface area contributed by atoms with Crippen LogP contribution in [0.4, 0.5) is 0 Å². The van der Waals surface area contributed by atoms with Crippen molar-refractivity contribution < 1.29 is 5.11 Å². The van der Waals surface area contributed by atoms with Gasteiger partial charge in [-0.2, -0.15) is 0 Å². The van der Waals surface area contributed by atoms with Crippen LogP contribution in [0.5, 0.6) is 0 Å². The van der Waals surface area contributed by atoms with Crippen LogP contribution in [-0.2, 0) is 0 Å². The normalized spacial score (nSPS) is 11.6. The zero-order valence-corrected chi connectivity index (χ0v) is 7.09. The Kier molecular flexibility index (Phi) is 3.30. The molecule has 0 fully saturated rings. The van der Waals surface area contributed by atoms with Gasteiger partial charge in [0, 0.05) is 9.65 Å². The van der Waals surface area contributed by atoms with Gasteiger partial charge in [-0.25, -0.2) is 0 Å². The smallest absolute Gasteiger partial charge is 0.0734 e. The Hall–Kier alpha value is 0.0500. The third kappa shape index (κ3) is 5.93. The van der Waals surface area contributed by atoms with Crippen LogP contribution in [0, 0.1) is 0 Å². The average Bonchev–Trinajstić information content (AvgIpc) is 1.62. The third-order valence-electron chi connectivity index (χ3n) is 0.627. The van der Waals surface area contributed by atoms with Gasteiger partial charge in [0.05, 0.1) is 6.61 Å². The molecule has 0 aliphatic carbocycles. The second-order valence-electron chi connectivity index (χ2n) is 2.91. The van der Waals surface area contributed by atoms with Crippen molar-refractivity contribution in [3.8, 4) is 0 Å². The molecular formula is C7H14OS. The van der Waals surface area contributed by atoms with Gasteiger partial charge < -0.3 is 5.11 Å². The summed E-state index contributed by atoms with van der Waals surface area (Å²) in [6.45, 7) is 10.0. The molecule has 0 rings (SSSR count). The van der Waals surface area contributed by atoms with Crippen LogP contribution in [-0.4, -0.2) is 16.5 Å². The third-order valence-corrected chi connectivity index (χ3v) is 1.66. The maximum atomic E-state index is 8.58. The van der Waals surface area contributed by atoms with Gasteiger partial charge in [-0.15, -0.1) is 11.8 Å². The summed E-state index contributed by atoms with van der Waals surface area (Å²) in [6, 6.07) is 0. The van der Waals surface area contributed by atoms with E-state index in [1.165, 1.54) is 0 Å². The second-order valence-corrected chi connectivity index (χ2v) is 4.92. The first-order chi connectivity index (χ1) is 3.95. The molecule has 0 heterocycles. The maximum absolute atomic E-state index is 8.58. The van der Waals surface area contributed by atoms with E-state index in [9.17, 15) is 0 Å². The van der Waals surface area contributed by atoms with E-state index in [0.29, 0.717) is 0 Å². The number of aliphatic hydroxyl groups is 1. The molecule has 0 aromatic rings. The molecule has 0 spiro atoms. The molecule has 0 radical (unpaired) electrons. The maximum Gasteiger partial charge on any atom is 0.0734 e. The highest BCUT2D eigenvalue weighted by Gasteiger charge is 2.11. The monoisotopic (exact) mass is 146 g/mol. The molecule has 9 heavy (non-hydrogen) atoms. The van der Waals surface area contributed by atoms with Crippen LogP contribution in [0.2, 0.25) is 0 Å². The molecule has 2 heteroatoms. The van der Waals surface area contributed by atoms with Crippen LogP contribution in [0.15, 0.2) is 11.5 Å². The molecule has 0 aromatic carbocycles. The molecule has 0 saturated heterocycles. The van der Waals surface area contributed by atoms with E-state index in [2.05, 4.69) is 27.4 Å². The van der Waals surface area contributed by atoms with Gasteiger partial charge in [-0.3, -0.25) is 0 Å². The fourth-order valence-corrected chi connectivity index (χ4v) is 1.40. The average molecular weight is 146 g/mol. The summed E-state index contributed by atoms with van der Waals surface area (Å²) in [5.74, 6) is 0. The van der Waals surface area contributed by atoms with E-state index >= 15 is 0 Å². The predicted molar refractivity (Wildman–Crippen MR) is 43.6 cm³/mol. The molecule has 54 valence electrons. The molecule has 0 bridgehead atoms. The summed E-state index contributed by atoms with van der Waals surface area (Å²) >= 11 is 1.61. The fraction of sp³-hybridized carbons (Fsp3) is 0.714. The summed E-state index contributed by atoms with van der Waals surface area (Å²) in [5.41, 5.74) is 0.